The zero-order chi connectivity index (χ0) is 19.5. The van der Waals surface area contributed by atoms with E-state index in [1.54, 1.807) is 14.1 Å². The molecule has 9 heteroatoms. The Kier molecular flexibility index (Phi) is 6.68. The molecule has 1 aliphatic heterocycles. The van der Waals surface area contributed by atoms with Crippen molar-refractivity contribution in [2.75, 3.05) is 57.7 Å². The Bertz CT molecular complexity index is 594. The van der Waals surface area contributed by atoms with Gasteiger partial charge in [-0.3, -0.25) is 0 Å². The molecule has 0 bridgehead atoms. The Morgan fingerprint density at radius 3 is 2.46 bits per heavy atom. The molecule has 148 valence electrons. The number of aliphatic hydroxyl groups is 1. The van der Waals surface area contributed by atoms with Crippen molar-refractivity contribution < 1.29 is 18.3 Å². The summed E-state index contributed by atoms with van der Waals surface area (Å²) in [6, 6.07) is 1.38. The minimum Gasteiger partial charge on any atom is -0.396 e. The fourth-order valence-corrected chi connectivity index (χ4v) is 3.47. The van der Waals surface area contributed by atoms with Crippen LogP contribution in [-0.4, -0.2) is 73.9 Å². The molecule has 6 nitrogen and oxygen atoms in total. The van der Waals surface area contributed by atoms with E-state index in [4.69, 9.17) is 5.11 Å². The minimum absolute atomic E-state index is 0.0523. The molecule has 0 radical (unpaired) electrons. The number of rotatable bonds is 6. The first-order valence-corrected chi connectivity index (χ1v) is 8.79. The van der Waals surface area contributed by atoms with Gasteiger partial charge < -0.3 is 19.8 Å². The zero-order valence-corrected chi connectivity index (χ0v) is 15.8. The monoisotopic (exact) mass is 375 g/mol. The Balaban J connectivity index is 2.30. The highest BCUT2D eigenvalue weighted by Crippen LogP contribution is 2.33. The lowest BCUT2D eigenvalue weighted by Gasteiger charge is -2.42. The molecule has 0 amide bonds. The van der Waals surface area contributed by atoms with E-state index in [0.717, 1.165) is 18.9 Å². The molecule has 0 spiro atoms. The molecule has 0 saturated carbocycles. The molecule has 0 aliphatic carbocycles. The number of nitrogens with zero attached hydrogens (tertiary/aromatic N) is 5. The van der Waals surface area contributed by atoms with Crippen LogP contribution >= 0.6 is 0 Å². The third kappa shape index (κ3) is 4.97. The van der Waals surface area contributed by atoms with E-state index < -0.39 is 11.9 Å². The van der Waals surface area contributed by atoms with Crippen molar-refractivity contribution in [3.8, 4) is 0 Å². The van der Waals surface area contributed by atoms with Gasteiger partial charge in [0.15, 0.2) is 5.69 Å². The summed E-state index contributed by atoms with van der Waals surface area (Å²) in [5, 5.41) is 9.15. The van der Waals surface area contributed by atoms with Crippen molar-refractivity contribution in [3.63, 3.8) is 0 Å². The van der Waals surface area contributed by atoms with Gasteiger partial charge in [-0.15, -0.1) is 0 Å². The quantitative estimate of drug-likeness (QED) is 0.822. The predicted molar refractivity (Wildman–Crippen MR) is 95.5 cm³/mol. The summed E-state index contributed by atoms with van der Waals surface area (Å²) in [5.74, 6) is 0.622. The second-order valence-electron chi connectivity index (χ2n) is 7.20. The molecule has 0 unspecified atom stereocenters. The smallest absolute Gasteiger partial charge is 0.396 e. The van der Waals surface area contributed by atoms with Crippen LogP contribution in [0.5, 0.6) is 0 Å². The molecule has 1 fully saturated rings. The number of anilines is 2. The molecular weight excluding hydrogens is 347 g/mol. The van der Waals surface area contributed by atoms with Crippen molar-refractivity contribution in [2.24, 2.45) is 5.92 Å². The summed E-state index contributed by atoms with van der Waals surface area (Å²) in [5.41, 5.74) is -0.923. The van der Waals surface area contributed by atoms with Crippen molar-refractivity contribution in [3.05, 3.63) is 11.8 Å². The lowest BCUT2D eigenvalue weighted by molar-refractivity contribution is -0.141. The number of alkyl halides is 3. The van der Waals surface area contributed by atoms with Crippen LogP contribution in [0.15, 0.2) is 6.07 Å². The summed E-state index contributed by atoms with van der Waals surface area (Å²) < 4.78 is 39.7. The van der Waals surface area contributed by atoms with Gasteiger partial charge in [-0.05, 0) is 39.3 Å². The lowest BCUT2D eigenvalue weighted by atomic mass is 9.87. The molecule has 2 atom stereocenters. The highest BCUT2D eigenvalue weighted by atomic mass is 19.4. The normalized spacial score (nSPS) is 21.3. The van der Waals surface area contributed by atoms with E-state index >= 15 is 0 Å². The number of hydrogen-bond donors (Lipinski definition) is 1. The van der Waals surface area contributed by atoms with Crippen LogP contribution in [0.1, 0.15) is 25.0 Å². The van der Waals surface area contributed by atoms with Crippen LogP contribution in [-0.2, 0) is 6.18 Å². The molecule has 1 aromatic heterocycles. The zero-order valence-electron chi connectivity index (χ0n) is 15.8. The van der Waals surface area contributed by atoms with Crippen molar-refractivity contribution in [2.45, 2.75) is 31.5 Å². The highest BCUT2D eigenvalue weighted by Gasteiger charge is 2.36. The van der Waals surface area contributed by atoms with Gasteiger partial charge in [0.2, 0.25) is 5.95 Å². The summed E-state index contributed by atoms with van der Waals surface area (Å²) in [6.07, 6.45) is -2.16. The fourth-order valence-electron chi connectivity index (χ4n) is 3.47. The summed E-state index contributed by atoms with van der Waals surface area (Å²) in [6.45, 7) is 1.37. The molecule has 0 aromatic carbocycles. The summed E-state index contributed by atoms with van der Waals surface area (Å²) in [4.78, 5) is 13.5. The Morgan fingerprint density at radius 1 is 1.23 bits per heavy atom. The maximum absolute atomic E-state index is 13.2. The lowest BCUT2D eigenvalue weighted by Crippen LogP contribution is -2.49. The van der Waals surface area contributed by atoms with E-state index in [-0.39, 0.29) is 18.5 Å². The van der Waals surface area contributed by atoms with E-state index in [2.05, 4.69) is 14.9 Å². The summed E-state index contributed by atoms with van der Waals surface area (Å²) in [7, 11) is 7.29. The van der Waals surface area contributed by atoms with Gasteiger partial charge in [-0.1, -0.05) is 0 Å². The number of aromatic nitrogens is 2. The molecule has 2 rings (SSSR count). The Morgan fingerprint density at radius 2 is 1.92 bits per heavy atom. The van der Waals surface area contributed by atoms with E-state index in [9.17, 15) is 13.2 Å². The van der Waals surface area contributed by atoms with Crippen LogP contribution in [0, 0.1) is 5.92 Å². The van der Waals surface area contributed by atoms with Gasteiger partial charge in [-0.2, -0.15) is 18.2 Å². The average molecular weight is 375 g/mol. The standard InChI is InChI=1S/C17H28F3N5O/c1-23(2)13-7-8-25(11-12(13)6-5-9-26)15-10-14(17(18,19)20)21-16(22-15)24(3)4/h10,12-13,26H,5-9,11H2,1-4H3/t12-,13+/m1/s1. The third-order valence-corrected chi connectivity index (χ3v) is 4.81. The number of aliphatic hydroxyl groups excluding tert-OH is 1. The molecule has 1 N–H and O–H groups in total. The Hall–Kier alpha value is -1.61. The first-order valence-electron chi connectivity index (χ1n) is 8.79. The third-order valence-electron chi connectivity index (χ3n) is 4.81. The van der Waals surface area contributed by atoms with Crippen molar-refractivity contribution in [1.29, 1.82) is 0 Å². The number of hydrogen-bond acceptors (Lipinski definition) is 6. The van der Waals surface area contributed by atoms with Crippen LogP contribution in [0.25, 0.3) is 0 Å². The van der Waals surface area contributed by atoms with E-state index in [1.165, 1.54) is 4.90 Å². The fraction of sp³-hybridized carbons (Fsp3) is 0.765. The topological polar surface area (TPSA) is 55.7 Å². The predicted octanol–water partition coefficient (Wildman–Crippen LogP) is 2.09. The minimum atomic E-state index is -4.51. The molecule has 2 heterocycles. The largest absolute Gasteiger partial charge is 0.433 e. The maximum Gasteiger partial charge on any atom is 0.433 e. The summed E-state index contributed by atoms with van der Waals surface area (Å²) >= 11 is 0. The van der Waals surface area contributed by atoms with Crippen LogP contribution in [0.4, 0.5) is 24.9 Å². The second-order valence-corrected chi connectivity index (χ2v) is 7.20. The van der Waals surface area contributed by atoms with Gasteiger partial charge in [0.25, 0.3) is 0 Å². The van der Waals surface area contributed by atoms with Gasteiger partial charge in [0.05, 0.1) is 0 Å². The molecule has 26 heavy (non-hydrogen) atoms. The molecule has 1 saturated heterocycles. The number of piperidine rings is 1. The maximum atomic E-state index is 13.2. The van der Waals surface area contributed by atoms with E-state index in [0.29, 0.717) is 31.4 Å². The highest BCUT2D eigenvalue weighted by molar-refractivity contribution is 5.46. The average Bonchev–Trinajstić information content (AvgIpc) is 2.58. The van der Waals surface area contributed by atoms with Gasteiger partial charge >= 0.3 is 6.18 Å². The van der Waals surface area contributed by atoms with Crippen molar-refractivity contribution >= 4 is 11.8 Å². The van der Waals surface area contributed by atoms with E-state index in [1.807, 2.05) is 19.0 Å². The van der Waals surface area contributed by atoms with Crippen LogP contribution in [0.3, 0.4) is 0 Å². The second kappa shape index (κ2) is 8.39. The van der Waals surface area contributed by atoms with Crippen molar-refractivity contribution in [1.82, 2.24) is 14.9 Å². The Labute approximate surface area is 152 Å². The van der Waals surface area contributed by atoms with Gasteiger partial charge in [0.1, 0.15) is 5.82 Å². The molecule has 1 aromatic rings. The van der Waals surface area contributed by atoms with Crippen LogP contribution in [0.2, 0.25) is 0 Å². The molecule has 1 aliphatic rings. The first kappa shape index (κ1) is 20.7. The van der Waals surface area contributed by atoms with Crippen LogP contribution < -0.4 is 9.80 Å². The van der Waals surface area contributed by atoms with Gasteiger partial charge in [-0.25, -0.2) is 4.98 Å². The van der Waals surface area contributed by atoms with Gasteiger partial charge in [0, 0.05) is 45.9 Å². The first-order chi connectivity index (χ1) is 12.1. The number of halogens is 3. The molecular formula is C17H28F3N5O. The SMILES string of the molecule is CN(C)c1nc(N2CC[C@H](N(C)C)[C@H](CCCO)C2)cc(C(F)(F)F)n1.